The topological polar surface area (TPSA) is 110 Å². The van der Waals surface area contributed by atoms with E-state index in [2.05, 4.69) is 15.3 Å². The first-order chi connectivity index (χ1) is 13.0. The maximum Gasteiger partial charge on any atom is 0.252 e. The average molecular weight is 377 g/mol. The Bertz CT molecular complexity index is 632. The smallest absolute Gasteiger partial charge is 0.252 e. The van der Waals surface area contributed by atoms with Crippen molar-refractivity contribution < 1.29 is 14.6 Å². The highest BCUT2D eigenvalue weighted by Gasteiger charge is 2.24. The molecule has 1 aromatic rings. The molecule has 2 fully saturated rings. The monoisotopic (exact) mass is 376 g/mol. The van der Waals surface area contributed by atoms with Gasteiger partial charge < -0.3 is 20.9 Å². The summed E-state index contributed by atoms with van der Waals surface area (Å²) in [5.74, 6) is 0.386. The molecule has 0 bridgehead atoms. The summed E-state index contributed by atoms with van der Waals surface area (Å²) in [5.41, 5.74) is 6.63. The highest BCUT2D eigenvalue weighted by Crippen LogP contribution is 2.28. The first-order valence-electron chi connectivity index (χ1n) is 10.2. The Morgan fingerprint density at radius 3 is 2.70 bits per heavy atom. The molecule has 3 rings (SSSR count). The second-order valence-electron chi connectivity index (χ2n) is 8.02. The predicted octanol–water partition coefficient (Wildman–Crippen LogP) is 2.43. The molecule has 2 saturated carbocycles. The zero-order valence-electron chi connectivity index (χ0n) is 16.2. The molecule has 2 atom stereocenters. The highest BCUT2D eigenvalue weighted by molar-refractivity contribution is 5.93. The van der Waals surface area contributed by atoms with Gasteiger partial charge in [0.1, 0.15) is 0 Å². The number of carbonyl (C=O) groups is 1. The third-order valence-electron chi connectivity index (χ3n) is 5.96. The van der Waals surface area contributed by atoms with Crippen LogP contribution in [0.5, 0.6) is 0 Å². The second-order valence-corrected chi connectivity index (χ2v) is 8.02. The largest absolute Gasteiger partial charge is 0.393 e. The number of nitrogens with two attached hydrogens (primary N) is 1. The molecule has 2 aliphatic carbocycles. The summed E-state index contributed by atoms with van der Waals surface area (Å²) in [6.45, 7) is 0. The number of aromatic nitrogens is 2. The third kappa shape index (κ3) is 5.62. The van der Waals surface area contributed by atoms with Crippen molar-refractivity contribution >= 4 is 11.9 Å². The molecule has 27 heavy (non-hydrogen) atoms. The van der Waals surface area contributed by atoms with E-state index in [1.165, 1.54) is 0 Å². The van der Waals surface area contributed by atoms with E-state index in [-0.39, 0.29) is 6.10 Å². The van der Waals surface area contributed by atoms with Crippen LogP contribution in [0.1, 0.15) is 73.8 Å². The second kappa shape index (κ2) is 9.46. The molecule has 150 valence electrons. The zero-order valence-corrected chi connectivity index (χ0v) is 16.2. The van der Waals surface area contributed by atoms with Crippen molar-refractivity contribution in [3.8, 4) is 0 Å². The van der Waals surface area contributed by atoms with Crippen LogP contribution in [0.4, 0.5) is 5.95 Å². The summed E-state index contributed by atoms with van der Waals surface area (Å²) >= 11 is 0. The Morgan fingerprint density at radius 1 is 1.26 bits per heavy atom. The molecule has 0 aliphatic heterocycles. The Hall–Kier alpha value is -1.73. The number of carbonyl (C=O) groups excluding carboxylic acids is 1. The summed E-state index contributed by atoms with van der Waals surface area (Å²) in [4.78, 5) is 20.8. The minimum absolute atomic E-state index is 0.259. The summed E-state index contributed by atoms with van der Waals surface area (Å²) in [6, 6.07) is 0.323. The molecule has 7 heteroatoms. The highest BCUT2D eigenvalue weighted by atomic mass is 16.5. The van der Waals surface area contributed by atoms with Crippen LogP contribution in [0, 0.1) is 5.92 Å². The van der Waals surface area contributed by atoms with Gasteiger partial charge >= 0.3 is 0 Å². The molecule has 1 aromatic heterocycles. The summed E-state index contributed by atoms with van der Waals surface area (Å²) in [6.07, 6.45) is 11.2. The fourth-order valence-electron chi connectivity index (χ4n) is 4.37. The Balaban J connectivity index is 1.69. The van der Waals surface area contributed by atoms with Gasteiger partial charge in [0.05, 0.1) is 23.5 Å². The van der Waals surface area contributed by atoms with Crippen molar-refractivity contribution in [1.82, 2.24) is 9.97 Å². The number of nitrogens with one attached hydrogen (secondary N) is 1. The number of rotatable bonds is 6. The minimum atomic E-state index is -0.494. The van der Waals surface area contributed by atoms with E-state index in [0.717, 1.165) is 57.8 Å². The van der Waals surface area contributed by atoms with Gasteiger partial charge in [-0.05, 0) is 57.3 Å². The first-order valence-corrected chi connectivity index (χ1v) is 10.2. The molecular weight excluding hydrogens is 344 g/mol. The lowest BCUT2D eigenvalue weighted by Gasteiger charge is -2.28. The third-order valence-corrected chi connectivity index (χ3v) is 5.96. The van der Waals surface area contributed by atoms with E-state index in [1.54, 1.807) is 13.3 Å². The molecule has 0 spiro atoms. The number of amides is 1. The molecule has 1 heterocycles. The molecule has 1 amide bonds. The number of primary amides is 1. The van der Waals surface area contributed by atoms with Crippen LogP contribution < -0.4 is 11.1 Å². The van der Waals surface area contributed by atoms with E-state index in [0.29, 0.717) is 41.7 Å². The molecule has 7 nitrogen and oxygen atoms in total. The summed E-state index contributed by atoms with van der Waals surface area (Å²) in [7, 11) is 1.76. The van der Waals surface area contributed by atoms with Crippen LogP contribution in [0.15, 0.2) is 6.20 Å². The van der Waals surface area contributed by atoms with Gasteiger partial charge in [-0.1, -0.05) is 12.8 Å². The lowest BCUT2D eigenvalue weighted by atomic mass is 9.92. The van der Waals surface area contributed by atoms with Crippen LogP contribution in [-0.4, -0.2) is 46.3 Å². The Kier molecular flexibility index (Phi) is 7.01. The van der Waals surface area contributed by atoms with Crippen molar-refractivity contribution in [2.75, 3.05) is 12.4 Å². The number of methoxy groups -OCH3 is 1. The van der Waals surface area contributed by atoms with Crippen molar-refractivity contribution in [3.05, 3.63) is 17.5 Å². The minimum Gasteiger partial charge on any atom is -0.393 e. The van der Waals surface area contributed by atoms with Gasteiger partial charge in [0.25, 0.3) is 5.91 Å². The summed E-state index contributed by atoms with van der Waals surface area (Å²) in [5, 5.41) is 13.5. The Morgan fingerprint density at radius 2 is 2.00 bits per heavy atom. The quantitative estimate of drug-likeness (QED) is 0.658. The van der Waals surface area contributed by atoms with Crippen LogP contribution in [-0.2, 0) is 11.2 Å². The average Bonchev–Trinajstić information content (AvgIpc) is 2.86. The maximum atomic E-state index is 11.8. The number of hydrogen-bond donors (Lipinski definition) is 3. The molecular formula is C20H32N4O3. The normalized spacial score (nSPS) is 29.1. The van der Waals surface area contributed by atoms with Gasteiger partial charge in [-0.25, -0.2) is 9.97 Å². The van der Waals surface area contributed by atoms with E-state index in [4.69, 9.17) is 10.5 Å². The standard InChI is InChI=1S/C20H32N4O3/c1-27-16-8-6-14(7-9-16)23-20-22-12-17(19(21)26)18(24-20)11-13-4-2-3-5-15(25)10-13/h12-16,25H,2-11H2,1H3,(H2,21,26)(H,22,23,24)/t13-,14?,15-,16?/m0/s1. The number of hydrogen-bond acceptors (Lipinski definition) is 6. The summed E-state index contributed by atoms with van der Waals surface area (Å²) < 4.78 is 5.42. The maximum absolute atomic E-state index is 11.8. The van der Waals surface area contributed by atoms with Crippen molar-refractivity contribution in [3.63, 3.8) is 0 Å². The lowest BCUT2D eigenvalue weighted by molar-refractivity contribution is 0.0681. The zero-order chi connectivity index (χ0) is 19.2. The number of anilines is 1. The van der Waals surface area contributed by atoms with E-state index in [1.807, 2.05) is 0 Å². The van der Waals surface area contributed by atoms with E-state index >= 15 is 0 Å². The Labute approximate surface area is 161 Å². The first kappa shape index (κ1) is 20.0. The van der Waals surface area contributed by atoms with E-state index < -0.39 is 5.91 Å². The van der Waals surface area contributed by atoms with Crippen LogP contribution >= 0.6 is 0 Å². The van der Waals surface area contributed by atoms with Crippen LogP contribution in [0.2, 0.25) is 0 Å². The SMILES string of the molecule is COC1CCC(Nc2ncc(C(N)=O)c(C[C@H]3CCCC[C@H](O)C3)n2)CC1. The number of aliphatic hydroxyl groups excluding tert-OH is 1. The number of nitrogens with zero attached hydrogens (tertiary/aromatic N) is 2. The van der Waals surface area contributed by atoms with Gasteiger partial charge in [0, 0.05) is 19.3 Å². The van der Waals surface area contributed by atoms with Crippen molar-refractivity contribution in [1.29, 1.82) is 0 Å². The van der Waals surface area contributed by atoms with Crippen molar-refractivity contribution in [2.45, 2.75) is 82.5 Å². The van der Waals surface area contributed by atoms with Crippen LogP contribution in [0.3, 0.4) is 0 Å². The lowest BCUT2D eigenvalue weighted by Crippen LogP contribution is -2.30. The predicted molar refractivity (Wildman–Crippen MR) is 104 cm³/mol. The van der Waals surface area contributed by atoms with Crippen LogP contribution in [0.25, 0.3) is 0 Å². The van der Waals surface area contributed by atoms with E-state index in [9.17, 15) is 9.90 Å². The van der Waals surface area contributed by atoms with Gasteiger partial charge in [0.2, 0.25) is 5.95 Å². The van der Waals surface area contributed by atoms with Gasteiger partial charge in [0.15, 0.2) is 0 Å². The molecule has 0 saturated heterocycles. The molecule has 2 aliphatic rings. The number of ether oxygens (including phenoxy) is 1. The van der Waals surface area contributed by atoms with Gasteiger partial charge in [-0.3, -0.25) is 4.79 Å². The number of aliphatic hydroxyl groups is 1. The molecule has 0 radical (unpaired) electrons. The molecule has 0 aromatic carbocycles. The fourth-order valence-corrected chi connectivity index (χ4v) is 4.37. The molecule has 0 unspecified atom stereocenters. The van der Waals surface area contributed by atoms with Crippen molar-refractivity contribution in [2.24, 2.45) is 11.7 Å². The van der Waals surface area contributed by atoms with Gasteiger partial charge in [-0.15, -0.1) is 0 Å². The fraction of sp³-hybridized carbons (Fsp3) is 0.750. The molecule has 4 N–H and O–H groups in total. The van der Waals surface area contributed by atoms with Gasteiger partial charge in [-0.2, -0.15) is 0 Å².